The zero-order valence-corrected chi connectivity index (χ0v) is 11.9. The molecule has 1 aliphatic rings. The van der Waals surface area contributed by atoms with Crippen LogP contribution in [0.4, 0.5) is 13.6 Å². The molecule has 0 saturated carbocycles. The summed E-state index contributed by atoms with van der Waals surface area (Å²) in [6.45, 7) is -0.949. The van der Waals surface area contributed by atoms with E-state index in [-0.39, 0.29) is 23.0 Å². The molecule has 0 spiro atoms. The molecule has 0 aromatic heterocycles. The van der Waals surface area contributed by atoms with Crippen LogP contribution in [0.1, 0.15) is 11.6 Å². The van der Waals surface area contributed by atoms with Crippen LogP contribution < -0.4 is 5.32 Å². The maximum absolute atomic E-state index is 13.6. The Labute approximate surface area is 121 Å². The van der Waals surface area contributed by atoms with Crippen molar-refractivity contribution in [3.05, 3.63) is 33.3 Å². The first-order valence-electron chi connectivity index (χ1n) is 4.66. The number of benzene rings is 1. The number of alkyl halides is 2. The molecule has 1 saturated heterocycles. The van der Waals surface area contributed by atoms with Crippen molar-refractivity contribution in [3.8, 4) is 0 Å². The molecule has 3 nitrogen and oxygen atoms in total. The lowest BCUT2D eigenvalue weighted by Gasteiger charge is -2.32. The number of carbonyl (C=O) groups is 1. The third-order valence-electron chi connectivity index (χ3n) is 2.35. The van der Waals surface area contributed by atoms with E-state index in [4.69, 9.17) is 11.6 Å². The number of nitrogens with one attached hydrogen (secondary N) is 1. The van der Waals surface area contributed by atoms with E-state index in [1.54, 1.807) is 6.07 Å². The zero-order valence-electron chi connectivity index (χ0n) is 8.75. The normalized spacial score (nSPS) is 21.6. The first-order chi connectivity index (χ1) is 7.90. The summed E-state index contributed by atoms with van der Waals surface area (Å²) in [6.07, 6.45) is -0.875. The minimum atomic E-state index is -3.19. The van der Waals surface area contributed by atoms with Crippen LogP contribution in [-0.4, -0.2) is 18.6 Å². The summed E-state index contributed by atoms with van der Waals surface area (Å²) in [7, 11) is 0. The van der Waals surface area contributed by atoms with E-state index in [1.165, 1.54) is 12.1 Å². The van der Waals surface area contributed by atoms with Crippen LogP contribution in [-0.2, 0) is 4.74 Å². The highest BCUT2D eigenvalue weighted by molar-refractivity contribution is 9.10. The van der Waals surface area contributed by atoms with Crippen LogP contribution in [0.15, 0.2) is 22.7 Å². The molecule has 8 heteroatoms. The van der Waals surface area contributed by atoms with Gasteiger partial charge in [0.05, 0.1) is 0 Å². The molecule has 1 fully saturated rings. The van der Waals surface area contributed by atoms with Crippen LogP contribution in [0.25, 0.3) is 0 Å². The monoisotopic (exact) mass is 361 g/mol. The maximum Gasteiger partial charge on any atom is 0.408 e. The highest BCUT2D eigenvalue weighted by Gasteiger charge is 2.47. The number of amides is 1. The Kier molecular flexibility index (Phi) is 4.80. The first-order valence-corrected chi connectivity index (χ1v) is 5.83. The number of alkyl carbamates (subject to hydrolysis) is 1. The standard InChI is InChI=1S/C10H7BrClF2NO2.ClH/c11-5-1-2-6(7(12)3-5)8-10(13,14)4-17-9(16)15-8;/h1-3,8H,4H2,(H,15,16);1H/t8-;/m1./s1. The Balaban J connectivity index is 0.00000162. The van der Waals surface area contributed by atoms with Gasteiger partial charge in [-0.15, -0.1) is 12.4 Å². The Hall–Kier alpha value is -0.590. The van der Waals surface area contributed by atoms with Crippen LogP contribution in [0.5, 0.6) is 0 Å². The fourth-order valence-corrected chi connectivity index (χ4v) is 2.33. The third kappa shape index (κ3) is 3.05. The average molecular weight is 363 g/mol. The number of carbonyl (C=O) groups excluding carboxylic acids is 1. The van der Waals surface area contributed by atoms with Gasteiger partial charge in [-0.05, 0) is 17.7 Å². The summed E-state index contributed by atoms with van der Waals surface area (Å²) in [5.74, 6) is -3.19. The summed E-state index contributed by atoms with van der Waals surface area (Å²) < 4.78 is 32.1. The first kappa shape index (κ1) is 15.5. The van der Waals surface area contributed by atoms with Crippen molar-refractivity contribution in [1.82, 2.24) is 5.32 Å². The number of hydrogen-bond acceptors (Lipinski definition) is 2. The van der Waals surface area contributed by atoms with Crippen molar-refractivity contribution < 1.29 is 18.3 Å². The lowest BCUT2D eigenvalue weighted by Crippen LogP contribution is -2.49. The second-order valence-corrected chi connectivity index (χ2v) is 4.90. The van der Waals surface area contributed by atoms with E-state index in [0.29, 0.717) is 4.47 Å². The van der Waals surface area contributed by atoms with Gasteiger partial charge in [0.15, 0.2) is 6.61 Å². The Bertz CT molecular complexity index is 473. The molecule has 1 amide bonds. The number of hydrogen-bond donors (Lipinski definition) is 1. The Morgan fingerprint density at radius 2 is 2.17 bits per heavy atom. The van der Waals surface area contributed by atoms with Crippen molar-refractivity contribution in [2.45, 2.75) is 12.0 Å². The van der Waals surface area contributed by atoms with E-state index < -0.39 is 24.7 Å². The third-order valence-corrected chi connectivity index (χ3v) is 3.17. The molecular formula is C10H8BrCl2F2NO2. The molecule has 1 N–H and O–H groups in total. The van der Waals surface area contributed by atoms with Gasteiger partial charge in [0, 0.05) is 9.50 Å². The number of halogens is 5. The summed E-state index contributed by atoms with van der Waals surface area (Å²) >= 11 is 9.06. The smallest absolute Gasteiger partial charge is 0.408 e. The molecule has 100 valence electrons. The topological polar surface area (TPSA) is 38.3 Å². The summed E-state index contributed by atoms with van der Waals surface area (Å²) in [6, 6.07) is 3.05. The van der Waals surface area contributed by atoms with Crippen molar-refractivity contribution in [1.29, 1.82) is 0 Å². The minimum absolute atomic E-state index is 0. The lowest BCUT2D eigenvalue weighted by atomic mass is 10.0. The van der Waals surface area contributed by atoms with E-state index >= 15 is 0 Å². The molecular weight excluding hydrogens is 355 g/mol. The molecule has 0 unspecified atom stereocenters. The molecule has 1 aromatic rings. The van der Waals surface area contributed by atoms with Gasteiger partial charge in [0.1, 0.15) is 6.04 Å². The molecule has 0 bridgehead atoms. The molecule has 1 heterocycles. The van der Waals surface area contributed by atoms with Gasteiger partial charge in [-0.3, -0.25) is 0 Å². The fourth-order valence-electron chi connectivity index (χ4n) is 1.55. The molecule has 1 atom stereocenters. The van der Waals surface area contributed by atoms with Gasteiger partial charge in [-0.25, -0.2) is 13.6 Å². The lowest BCUT2D eigenvalue weighted by molar-refractivity contribution is -0.104. The van der Waals surface area contributed by atoms with Gasteiger partial charge in [0.2, 0.25) is 0 Å². The summed E-state index contributed by atoms with van der Waals surface area (Å²) in [4.78, 5) is 11.0. The number of cyclic esters (lactones) is 1. The summed E-state index contributed by atoms with van der Waals surface area (Å²) in [5, 5.41) is 2.23. The maximum atomic E-state index is 13.6. The van der Waals surface area contributed by atoms with Crippen molar-refractivity contribution in [2.24, 2.45) is 0 Å². The van der Waals surface area contributed by atoms with Gasteiger partial charge in [0.25, 0.3) is 0 Å². The van der Waals surface area contributed by atoms with Crippen molar-refractivity contribution in [2.75, 3.05) is 6.61 Å². The molecule has 0 radical (unpaired) electrons. The minimum Gasteiger partial charge on any atom is -0.443 e. The van der Waals surface area contributed by atoms with Gasteiger partial charge >= 0.3 is 12.0 Å². The Morgan fingerprint density at radius 1 is 1.50 bits per heavy atom. The molecule has 1 aromatic carbocycles. The molecule has 18 heavy (non-hydrogen) atoms. The molecule has 2 rings (SSSR count). The van der Waals surface area contributed by atoms with Gasteiger partial charge < -0.3 is 10.1 Å². The summed E-state index contributed by atoms with van der Waals surface area (Å²) in [5.41, 5.74) is 0.163. The SMILES string of the molecule is Cl.O=C1N[C@H](c2ccc(Br)cc2Cl)C(F)(F)CO1. The second-order valence-electron chi connectivity index (χ2n) is 3.58. The van der Waals surface area contributed by atoms with Crippen molar-refractivity contribution in [3.63, 3.8) is 0 Å². The molecule has 1 aliphatic heterocycles. The van der Waals surface area contributed by atoms with Crippen LogP contribution in [0.2, 0.25) is 5.02 Å². The molecule has 0 aliphatic carbocycles. The van der Waals surface area contributed by atoms with Crippen LogP contribution in [0.3, 0.4) is 0 Å². The second kappa shape index (κ2) is 5.59. The predicted molar refractivity (Wildman–Crippen MR) is 68.6 cm³/mol. The van der Waals surface area contributed by atoms with Gasteiger partial charge in [-0.1, -0.05) is 33.6 Å². The van der Waals surface area contributed by atoms with Gasteiger partial charge in [-0.2, -0.15) is 0 Å². The van der Waals surface area contributed by atoms with E-state index in [0.717, 1.165) is 0 Å². The quantitative estimate of drug-likeness (QED) is 0.821. The average Bonchev–Trinajstić information content (AvgIpc) is 2.23. The van der Waals surface area contributed by atoms with Crippen molar-refractivity contribution >= 4 is 46.0 Å². The van der Waals surface area contributed by atoms with Crippen LogP contribution in [0, 0.1) is 0 Å². The van der Waals surface area contributed by atoms with Crippen LogP contribution >= 0.6 is 39.9 Å². The predicted octanol–water partition coefficient (Wildman–Crippen LogP) is 3.94. The Morgan fingerprint density at radius 3 is 2.78 bits per heavy atom. The van der Waals surface area contributed by atoms with E-state index in [1.807, 2.05) is 0 Å². The highest BCUT2D eigenvalue weighted by Crippen LogP contribution is 2.38. The van der Waals surface area contributed by atoms with E-state index in [2.05, 4.69) is 26.0 Å². The highest BCUT2D eigenvalue weighted by atomic mass is 79.9. The zero-order chi connectivity index (χ0) is 12.6. The fraction of sp³-hybridized carbons (Fsp3) is 0.300. The number of ether oxygens (including phenoxy) is 1. The van der Waals surface area contributed by atoms with E-state index in [9.17, 15) is 13.6 Å². The largest absolute Gasteiger partial charge is 0.443 e. The number of rotatable bonds is 1.